The number of alkyl halides is 3. The van der Waals surface area contributed by atoms with Crippen LogP contribution in [0.1, 0.15) is 48.6 Å². The van der Waals surface area contributed by atoms with Crippen molar-refractivity contribution in [2.75, 3.05) is 29.9 Å². The quantitative estimate of drug-likeness (QED) is 0.561. The van der Waals surface area contributed by atoms with Gasteiger partial charge in [0, 0.05) is 30.4 Å². The van der Waals surface area contributed by atoms with Crippen LogP contribution < -0.4 is 15.5 Å². The zero-order chi connectivity index (χ0) is 21.3. The molecule has 32 heavy (non-hydrogen) atoms. The predicted molar refractivity (Wildman–Crippen MR) is 127 cm³/mol. The van der Waals surface area contributed by atoms with Crippen molar-refractivity contribution in [1.29, 1.82) is 0 Å². The van der Waals surface area contributed by atoms with Crippen LogP contribution in [0.25, 0.3) is 0 Å². The van der Waals surface area contributed by atoms with Crippen molar-refractivity contribution >= 4 is 42.3 Å². The number of fused-ring (bicyclic) bond motifs is 1. The third kappa shape index (κ3) is 5.77. The van der Waals surface area contributed by atoms with E-state index in [0.717, 1.165) is 69.3 Å². The zero-order valence-corrected chi connectivity index (χ0v) is 19.9. The second kappa shape index (κ2) is 10.9. The molecule has 1 aromatic carbocycles. The van der Waals surface area contributed by atoms with Gasteiger partial charge in [-0.15, -0.1) is 24.8 Å². The number of nitrogens with zero attached hydrogens (tertiary/aromatic N) is 3. The lowest BCUT2D eigenvalue weighted by Gasteiger charge is -2.22. The number of anilines is 3. The van der Waals surface area contributed by atoms with Crippen molar-refractivity contribution < 1.29 is 13.2 Å². The molecule has 4 rings (SSSR count). The Labute approximate surface area is 199 Å². The first-order valence-corrected chi connectivity index (χ1v) is 10.7. The Morgan fingerprint density at radius 2 is 1.94 bits per heavy atom. The summed E-state index contributed by atoms with van der Waals surface area (Å²) < 4.78 is 39.8. The van der Waals surface area contributed by atoms with Crippen LogP contribution in [-0.4, -0.2) is 35.6 Å². The Bertz CT molecular complexity index is 923. The van der Waals surface area contributed by atoms with E-state index in [-0.39, 0.29) is 30.4 Å². The minimum Gasteiger partial charge on any atom is -0.355 e. The number of hydrogen-bond acceptors (Lipinski definition) is 5. The molecule has 2 aromatic rings. The van der Waals surface area contributed by atoms with Crippen molar-refractivity contribution in [2.24, 2.45) is 0 Å². The van der Waals surface area contributed by atoms with Gasteiger partial charge < -0.3 is 15.5 Å². The summed E-state index contributed by atoms with van der Waals surface area (Å²) in [6, 6.07) is 4.69. The molecule has 1 atom stereocenters. The highest BCUT2D eigenvalue weighted by Gasteiger charge is 2.33. The summed E-state index contributed by atoms with van der Waals surface area (Å²) >= 11 is 0. The minimum absolute atomic E-state index is 0. The van der Waals surface area contributed by atoms with Crippen LogP contribution in [-0.2, 0) is 19.0 Å². The Kier molecular flexibility index (Phi) is 9.02. The van der Waals surface area contributed by atoms with Gasteiger partial charge >= 0.3 is 6.18 Å². The van der Waals surface area contributed by atoms with Gasteiger partial charge in [0.15, 0.2) is 0 Å². The van der Waals surface area contributed by atoms with E-state index in [9.17, 15) is 13.2 Å². The number of halogens is 5. The molecule has 1 saturated heterocycles. The van der Waals surface area contributed by atoms with E-state index in [1.165, 1.54) is 18.6 Å². The van der Waals surface area contributed by atoms with Crippen molar-refractivity contribution in [3.63, 3.8) is 0 Å². The van der Waals surface area contributed by atoms with Crippen LogP contribution in [0.3, 0.4) is 0 Å². The van der Waals surface area contributed by atoms with E-state index in [4.69, 9.17) is 4.98 Å². The molecule has 5 nitrogen and oxygen atoms in total. The molecule has 1 aromatic heterocycles. The van der Waals surface area contributed by atoms with Crippen LogP contribution in [0.2, 0.25) is 0 Å². The van der Waals surface area contributed by atoms with Crippen LogP contribution in [0.5, 0.6) is 0 Å². The Morgan fingerprint density at radius 1 is 1.16 bits per heavy atom. The highest BCUT2D eigenvalue weighted by molar-refractivity contribution is 5.85. The van der Waals surface area contributed by atoms with Crippen molar-refractivity contribution in [1.82, 2.24) is 15.3 Å². The molecule has 0 radical (unpaired) electrons. The summed E-state index contributed by atoms with van der Waals surface area (Å²) in [5.74, 6) is 1.30. The fourth-order valence-corrected chi connectivity index (χ4v) is 4.33. The van der Waals surface area contributed by atoms with Gasteiger partial charge in [-0.2, -0.15) is 18.2 Å². The molecular formula is C22H30Cl2F3N5. The van der Waals surface area contributed by atoms with Gasteiger partial charge in [-0.05, 0) is 63.3 Å². The fourth-order valence-electron chi connectivity index (χ4n) is 4.33. The molecule has 1 aliphatic heterocycles. The van der Waals surface area contributed by atoms with Crippen molar-refractivity contribution in [3.8, 4) is 0 Å². The lowest BCUT2D eigenvalue weighted by molar-refractivity contribution is -0.138. The SMILES string of the molecule is CCCNC1CCN(c2nc(Nc3ccc(C)c(C(F)(F)F)c3)nc3c2CCC3)C1.Cl.Cl. The molecule has 0 saturated carbocycles. The van der Waals surface area contributed by atoms with Crippen molar-refractivity contribution in [3.05, 3.63) is 40.6 Å². The number of benzene rings is 1. The number of hydrogen-bond donors (Lipinski definition) is 2. The third-order valence-corrected chi connectivity index (χ3v) is 5.88. The van der Waals surface area contributed by atoms with E-state index in [2.05, 4.69) is 27.4 Å². The smallest absolute Gasteiger partial charge is 0.355 e. The minimum atomic E-state index is -4.39. The van der Waals surface area contributed by atoms with E-state index >= 15 is 0 Å². The number of aryl methyl sites for hydroxylation is 2. The maximum Gasteiger partial charge on any atom is 0.416 e. The average molecular weight is 492 g/mol. The van der Waals surface area contributed by atoms with Gasteiger partial charge in [0.05, 0.1) is 11.3 Å². The maximum absolute atomic E-state index is 13.3. The van der Waals surface area contributed by atoms with Crippen LogP contribution in [0.15, 0.2) is 18.2 Å². The topological polar surface area (TPSA) is 53.1 Å². The summed E-state index contributed by atoms with van der Waals surface area (Å²) in [7, 11) is 0. The van der Waals surface area contributed by atoms with E-state index in [1.54, 1.807) is 6.07 Å². The average Bonchev–Trinajstić information content (AvgIpc) is 3.35. The first-order chi connectivity index (χ1) is 14.3. The van der Waals surface area contributed by atoms with E-state index < -0.39 is 11.7 Å². The van der Waals surface area contributed by atoms with Crippen LogP contribution >= 0.6 is 24.8 Å². The number of aromatic nitrogens is 2. The molecule has 2 aliphatic rings. The molecule has 1 unspecified atom stereocenters. The standard InChI is InChI=1S/C22H28F3N5.2ClH/c1-3-10-26-16-9-11-30(13-16)20-17-5-4-6-19(17)28-21(29-20)27-15-8-7-14(2)18(12-15)22(23,24)25;;/h7-8,12,16,26H,3-6,9-11,13H2,1-2H3,(H,27,28,29);2*1H. The highest BCUT2D eigenvalue weighted by Crippen LogP contribution is 2.35. The monoisotopic (exact) mass is 491 g/mol. The van der Waals surface area contributed by atoms with Crippen molar-refractivity contribution in [2.45, 2.75) is 58.2 Å². The summed E-state index contributed by atoms with van der Waals surface area (Å²) in [6.45, 7) is 6.44. The normalized spacial score (nSPS) is 17.5. The summed E-state index contributed by atoms with van der Waals surface area (Å²) in [6.07, 6.45) is 0.651. The Morgan fingerprint density at radius 3 is 2.66 bits per heavy atom. The molecular weight excluding hydrogens is 462 g/mol. The number of rotatable bonds is 6. The van der Waals surface area contributed by atoms with E-state index in [1.807, 2.05) is 0 Å². The molecule has 2 N–H and O–H groups in total. The first-order valence-electron chi connectivity index (χ1n) is 10.7. The Balaban J connectivity index is 0.00000181. The summed E-state index contributed by atoms with van der Waals surface area (Å²) in [5, 5.41) is 6.59. The van der Waals surface area contributed by atoms with Crippen LogP contribution in [0, 0.1) is 6.92 Å². The van der Waals surface area contributed by atoms with Gasteiger partial charge in [-0.25, -0.2) is 4.98 Å². The summed E-state index contributed by atoms with van der Waals surface area (Å²) in [5.41, 5.74) is 2.11. The predicted octanol–water partition coefficient (Wildman–Crippen LogP) is 5.46. The zero-order valence-electron chi connectivity index (χ0n) is 18.3. The van der Waals surface area contributed by atoms with Gasteiger partial charge in [0.2, 0.25) is 5.95 Å². The van der Waals surface area contributed by atoms with Gasteiger partial charge in [-0.1, -0.05) is 13.0 Å². The molecule has 1 aliphatic carbocycles. The van der Waals surface area contributed by atoms with Gasteiger partial charge in [-0.3, -0.25) is 0 Å². The lowest BCUT2D eigenvalue weighted by atomic mass is 10.1. The molecule has 10 heteroatoms. The molecule has 0 spiro atoms. The molecule has 2 heterocycles. The second-order valence-corrected chi connectivity index (χ2v) is 8.19. The number of nitrogens with one attached hydrogen (secondary N) is 2. The van der Waals surface area contributed by atoms with E-state index in [0.29, 0.717) is 17.7 Å². The highest BCUT2D eigenvalue weighted by atomic mass is 35.5. The summed E-state index contributed by atoms with van der Waals surface area (Å²) in [4.78, 5) is 11.7. The molecule has 0 bridgehead atoms. The largest absolute Gasteiger partial charge is 0.416 e. The van der Waals surface area contributed by atoms with Gasteiger partial charge in [0.25, 0.3) is 0 Å². The molecule has 178 valence electrons. The maximum atomic E-state index is 13.3. The second-order valence-electron chi connectivity index (χ2n) is 8.19. The molecule has 0 amide bonds. The molecule has 1 fully saturated rings. The van der Waals surface area contributed by atoms with Crippen LogP contribution in [0.4, 0.5) is 30.6 Å². The first kappa shape index (κ1) is 26.5. The Hall–Kier alpha value is -1.77. The fraction of sp³-hybridized carbons (Fsp3) is 0.545. The van der Waals surface area contributed by atoms with Gasteiger partial charge in [0.1, 0.15) is 5.82 Å². The lowest BCUT2D eigenvalue weighted by Crippen LogP contribution is -2.33. The third-order valence-electron chi connectivity index (χ3n) is 5.88.